The van der Waals surface area contributed by atoms with E-state index in [4.69, 9.17) is 11.6 Å². The van der Waals surface area contributed by atoms with Crippen LogP contribution in [0.3, 0.4) is 0 Å². The van der Waals surface area contributed by atoms with Gasteiger partial charge in [0.1, 0.15) is 11.6 Å². The van der Waals surface area contributed by atoms with E-state index in [1.54, 1.807) is 24.1 Å². The Hall–Kier alpha value is -2.21. The number of hydrogen-bond acceptors (Lipinski definition) is 2. The Balaban J connectivity index is 1.73. The first-order chi connectivity index (χ1) is 12.0. The van der Waals surface area contributed by atoms with Gasteiger partial charge in [0.05, 0.1) is 16.4 Å². The van der Waals surface area contributed by atoms with Crippen molar-refractivity contribution in [2.24, 2.45) is 0 Å². The van der Waals surface area contributed by atoms with Gasteiger partial charge < -0.3 is 10.2 Å². The lowest BCUT2D eigenvalue weighted by molar-refractivity contribution is 0.192. The molecule has 0 radical (unpaired) electrons. The van der Waals surface area contributed by atoms with Crippen LogP contribution in [0.15, 0.2) is 30.5 Å². The highest BCUT2D eigenvalue weighted by Crippen LogP contribution is 2.30. The Morgan fingerprint density at radius 1 is 1.36 bits per heavy atom. The molecular formula is C18H18ClF2N3O. The SMILES string of the molecule is Cc1nccc(NC(=O)N2CCC[C@H](c3cc(F)ccc3F)C2)c1Cl. The van der Waals surface area contributed by atoms with E-state index in [0.29, 0.717) is 41.5 Å². The fraction of sp³-hybridized carbons (Fsp3) is 0.333. The van der Waals surface area contributed by atoms with E-state index >= 15 is 0 Å². The van der Waals surface area contributed by atoms with E-state index < -0.39 is 11.6 Å². The Bertz CT molecular complexity index is 800. The summed E-state index contributed by atoms with van der Waals surface area (Å²) in [6.45, 7) is 2.64. The third-order valence-electron chi connectivity index (χ3n) is 4.41. The van der Waals surface area contributed by atoms with Gasteiger partial charge in [-0.1, -0.05) is 11.6 Å². The number of aryl methyl sites for hydroxylation is 1. The summed E-state index contributed by atoms with van der Waals surface area (Å²) >= 11 is 6.15. The van der Waals surface area contributed by atoms with E-state index in [9.17, 15) is 13.6 Å². The van der Waals surface area contributed by atoms with Gasteiger partial charge in [-0.3, -0.25) is 4.98 Å². The molecule has 1 aliphatic heterocycles. The summed E-state index contributed by atoms with van der Waals surface area (Å²) in [6.07, 6.45) is 2.99. The van der Waals surface area contributed by atoms with Gasteiger partial charge in [0.15, 0.2) is 0 Å². The fourth-order valence-electron chi connectivity index (χ4n) is 3.08. The first-order valence-corrected chi connectivity index (χ1v) is 8.45. The van der Waals surface area contributed by atoms with Crippen molar-refractivity contribution in [3.63, 3.8) is 0 Å². The molecule has 25 heavy (non-hydrogen) atoms. The molecule has 0 unspecified atom stereocenters. The number of pyridine rings is 1. The maximum Gasteiger partial charge on any atom is 0.321 e. The van der Waals surface area contributed by atoms with Crippen LogP contribution in [0.2, 0.25) is 5.02 Å². The van der Waals surface area contributed by atoms with Gasteiger partial charge >= 0.3 is 6.03 Å². The van der Waals surface area contributed by atoms with Crippen molar-refractivity contribution in [3.05, 3.63) is 58.4 Å². The number of benzene rings is 1. The second kappa shape index (κ2) is 7.35. The maximum absolute atomic E-state index is 14.0. The summed E-state index contributed by atoms with van der Waals surface area (Å²) in [5.74, 6) is -1.15. The number of hydrogen-bond donors (Lipinski definition) is 1. The van der Waals surface area contributed by atoms with Crippen LogP contribution in [-0.4, -0.2) is 29.0 Å². The van der Waals surface area contributed by atoms with Gasteiger partial charge in [0, 0.05) is 25.2 Å². The summed E-state index contributed by atoms with van der Waals surface area (Å²) in [5.41, 5.74) is 1.42. The van der Waals surface area contributed by atoms with Gasteiger partial charge in [-0.15, -0.1) is 0 Å². The highest BCUT2D eigenvalue weighted by Gasteiger charge is 2.27. The quantitative estimate of drug-likeness (QED) is 0.836. The van der Waals surface area contributed by atoms with Crippen molar-refractivity contribution in [3.8, 4) is 0 Å². The maximum atomic E-state index is 14.0. The molecule has 0 aliphatic carbocycles. The van der Waals surface area contributed by atoms with Crippen LogP contribution in [0.5, 0.6) is 0 Å². The predicted octanol–water partition coefficient (Wildman–Crippen LogP) is 4.73. The van der Waals surface area contributed by atoms with Crippen LogP contribution in [-0.2, 0) is 0 Å². The molecule has 1 aromatic heterocycles. The Labute approximate surface area is 149 Å². The average Bonchev–Trinajstić information content (AvgIpc) is 2.61. The molecule has 4 nitrogen and oxygen atoms in total. The van der Waals surface area contributed by atoms with Crippen molar-refractivity contribution in [1.82, 2.24) is 9.88 Å². The summed E-state index contributed by atoms with van der Waals surface area (Å²) in [5, 5.41) is 3.16. The van der Waals surface area contributed by atoms with Crippen LogP contribution in [0.25, 0.3) is 0 Å². The second-order valence-electron chi connectivity index (χ2n) is 6.14. The molecule has 132 valence electrons. The molecule has 1 saturated heterocycles. The molecule has 0 bridgehead atoms. The van der Waals surface area contributed by atoms with Crippen LogP contribution >= 0.6 is 11.6 Å². The molecule has 2 amide bonds. The number of piperidine rings is 1. The third-order valence-corrected chi connectivity index (χ3v) is 4.89. The summed E-state index contributed by atoms with van der Waals surface area (Å²) in [6, 6.07) is 4.75. The first kappa shape index (κ1) is 17.6. The van der Waals surface area contributed by atoms with Crippen molar-refractivity contribution < 1.29 is 13.6 Å². The molecule has 2 heterocycles. The lowest BCUT2D eigenvalue weighted by Gasteiger charge is -2.33. The minimum atomic E-state index is -0.475. The lowest BCUT2D eigenvalue weighted by atomic mass is 9.90. The monoisotopic (exact) mass is 365 g/mol. The number of nitrogens with one attached hydrogen (secondary N) is 1. The number of likely N-dealkylation sites (tertiary alicyclic amines) is 1. The number of carbonyl (C=O) groups excluding carboxylic acids is 1. The standard InChI is InChI=1S/C18H18ClF2N3O/c1-11-17(19)16(6-7-22-11)23-18(25)24-8-2-3-12(10-24)14-9-13(20)4-5-15(14)21/h4-7,9,12H,2-3,8,10H2,1H3,(H,22,23,25)/t12-/m0/s1. The molecule has 3 rings (SSSR count). The number of amides is 2. The van der Waals surface area contributed by atoms with Crippen LogP contribution in [0.4, 0.5) is 19.3 Å². The first-order valence-electron chi connectivity index (χ1n) is 8.07. The summed E-state index contributed by atoms with van der Waals surface area (Å²) < 4.78 is 27.5. The number of rotatable bonds is 2. The largest absolute Gasteiger partial charge is 0.324 e. The average molecular weight is 366 g/mol. The van der Waals surface area contributed by atoms with Gasteiger partial charge in [0.25, 0.3) is 0 Å². The van der Waals surface area contributed by atoms with Gasteiger partial charge in [-0.05, 0) is 49.6 Å². The van der Waals surface area contributed by atoms with E-state index in [-0.39, 0.29) is 11.9 Å². The number of nitrogens with zero attached hydrogens (tertiary/aromatic N) is 2. The molecule has 1 aromatic carbocycles. The van der Waals surface area contributed by atoms with Gasteiger partial charge in [-0.25, -0.2) is 13.6 Å². The zero-order valence-corrected chi connectivity index (χ0v) is 14.5. The lowest BCUT2D eigenvalue weighted by Crippen LogP contribution is -2.41. The minimum Gasteiger partial charge on any atom is -0.324 e. The van der Waals surface area contributed by atoms with Crippen molar-refractivity contribution in [2.75, 3.05) is 18.4 Å². The van der Waals surface area contributed by atoms with Crippen LogP contribution < -0.4 is 5.32 Å². The summed E-state index contributed by atoms with van der Waals surface area (Å²) in [7, 11) is 0. The van der Waals surface area contributed by atoms with Crippen molar-refractivity contribution in [1.29, 1.82) is 0 Å². The molecule has 1 N–H and O–H groups in total. The van der Waals surface area contributed by atoms with Crippen LogP contribution in [0, 0.1) is 18.6 Å². The third kappa shape index (κ3) is 3.90. The van der Waals surface area contributed by atoms with Crippen molar-refractivity contribution in [2.45, 2.75) is 25.7 Å². The molecule has 1 fully saturated rings. The minimum absolute atomic E-state index is 0.232. The zero-order valence-electron chi connectivity index (χ0n) is 13.7. The number of aromatic nitrogens is 1. The topological polar surface area (TPSA) is 45.2 Å². The number of urea groups is 1. The number of anilines is 1. The smallest absolute Gasteiger partial charge is 0.321 e. The Kier molecular flexibility index (Phi) is 5.18. The molecule has 0 spiro atoms. The molecule has 2 aromatic rings. The predicted molar refractivity (Wildman–Crippen MR) is 92.9 cm³/mol. The van der Waals surface area contributed by atoms with E-state index in [2.05, 4.69) is 10.3 Å². The van der Waals surface area contributed by atoms with Gasteiger partial charge in [0.2, 0.25) is 0 Å². The fourth-order valence-corrected chi connectivity index (χ4v) is 3.24. The summed E-state index contributed by atoms with van der Waals surface area (Å²) in [4.78, 5) is 18.2. The Morgan fingerprint density at radius 2 is 2.16 bits per heavy atom. The van der Waals surface area contributed by atoms with E-state index in [1.807, 2.05) is 0 Å². The van der Waals surface area contributed by atoms with E-state index in [1.165, 1.54) is 6.07 Å². The van der Waals surface area contributed by atoms with Crippen molar-refractivity contribution >= 4 is 23.3 Å². The molecular weight excluding hydrogens is 348 g/mol. The number of carbonyl (C=O) groups is 1. The zero-order chi connectivity index (χ0) is 18.0. The Morgan fingerprint density at radius 3 is 2.96 bits per heavy atom. The van der Waals surface area contributed by atoms with Crippen LogP contribution in [0.1, 0.15) is 30.0 Å². The number of halogens is 3. The highest BCUT2D eigenvalue weighted by atomic mass is 35.5. The normalized spacial score (nSPS) is 17.4. The molecule has 7 heteroatoms. The molecule has 1 atom stereocenters. The van der Waals surface area contributed by atoms with Gasteiger partial charge in [-0.2, -0.15) is 0 Å². The second-order valence-corrected chi connectivity index (χ2v) is 6.52. The molecule has 1 aliphatic rings. The molecule has 0 saturated carbocycles. The highest BCUT2D eigenvalue weighted by molar-refractivity contribution is 6.34. The van der Waals surface area contributed by atoms with E-state index in [0.717, 1.165) is 18.6 Å².